The van der Waals surface area contributed by atoms with E-state index < -0.39 is 0 Å². The van der Waals surface area contributed by atoms with E-state index in [0.29, 0.717) is 37.3 Å². The van der Waals surface area contributed by atoms with Crippen LogP contribution in [0.4, 0.5) is 0 Å². The Morgan fingerprint density at radius 2 is 1.60 bits per heavy atom. The summed E-state index contributed by atoms with van der Waals surface area (Å²) in [5.41, 5.74) is 1.15. The van der Waals surface area contributed by atoms with Gasteiger partial charge in [0.2, 0.25) is 0 Å². The highest BCUT2D eigenvalue weighted by atomic mass is 16.5. The lowest BCUT2D eigenvalue weighted by molar-refractivity contribution is 0.0544. The van der Waals surface area contributed by atoms with Gasteiger partial charge in [0, 0.05) is 13.2 Å². The average Bonchev–Trinajstić information content (AvgIpc) is 2.62. The summed E-state index contributed by atoms with van der Waals surface area (Å²) in [7, 11) is 0. The number of amides is 2. The number of hydrogen-bond donors (Lipinski definition) is 0. The first-order valence-electron chi connectivity index (χ1n) is 6.93. The number of ether oxygens (including phenoxy) is 1. The lowest BCUT2D eigenvalue weighted by Crippen LogP contribution is -2.31. The second-order valence-electron chi connectivity index (χ2n) is 6.27. The van der Waals surface area contributed by atoms with E-state index in [9.17, 15) is 9.59 Å². The van der Waals surface area contributed by atoms with E-state index >= 15 is 0 Å². The normalized spacial score (nSPS) is 14.8. The number of benzene rings is 1. The van der Waals surface area contributed by atoms with E-state index in [1.165, 1.54) is 4.90 Å². The first-order chi connectivity index (χ1) is 9.40. The Morgan fingerprint density at radius 3 is 2.10 bits per heavy atom. The van der Waals surface area contributed by atoms with Crippen LogP contribution < -0.4 is 0 Å². The molecule has 0 aromatic heterocycles. The molecular formula is C16H21NO3. The molecule has 1 aliphatic heterocycles. The zero-order valence-corrected chi connectivity index (χ0v) is 12.3. The zero-order valence-electron chi connectivity index (χ0n) is 12.3. The molecule has 0 aliphatic carbocycles. The van der Waals surface area contributed by atoms with Crippen molar-refractivity contribution in [2.45, 2.75) is 27.2 Å². The molecule has 0 saturated heterocycles. The maximum Gasteiger partial charge on any atom is 0.261 e. The largest absolute Gasteiger partial charge is 0.381 e. The summed E-state index contributed by atoms with van der Waals surface area (Å²) < 4.78 is 5.56. The van der Waals surface area contributed by atoms with Gasteiger partial charge in [-0.2, -0.15) is 0 Å². The van der Waals surface area contributed by atoms with Crippen LogP contribution in [0.2, 0.25) is 0 Å². The van der Waals surface area contributed by atoms with E-state index in [1.54, 1.807) is 24.3 Å². The van der Waals surface area contributed by atoms with Gasteiger partial charge in [-0.3, -0.25) is 14.5 Å². The summed E-state index contributed by atoms with van der Waals surface area (Å²) >= 11 is 0. The number of imide groups is 1. The molecular weight excluding hydrogens is 254 g/mol. The van der Waals surface area contributed by atoms with E-state index in [2.05, 4.69) is 20.8 Å². The second kappa shape index (κ2) is 5.75. The second-order valence-corrected chi connectivity index (χ2v) is 6.27. The van der Waals surface area contributed by atoms with Gasteiger partial charge in [-0.05, 0) is 24.0 Å². The highest BCUT2D eigenvalue weighted by molar-refractivity contribution is 6.21. The van der Waals surface area contributed by atoms with Gasteiger partial charge in [-0.1, -0.05) is 32.9 Å². The van der Waals surface area contributed by atoms with Crippen LogP contribution in [0.15, 0.2) is 24.3 Å². The predicted molar refractivity (Wildman–Crippen MR) is 76.7 cm³/mol. The summed E-state index contributed by atoms with van der Waals surface area (Å²) in [6.07, 6.45) is 0.668. The molecule has 0 unspecified atom stereocenters. The lowest BCUT2D eigenvalue weighted by atomic mass is 9.99. The fourth-order valence-corrected chi connectivity index (χ4v) is 2.15. The van der Waals surface area contributed by atoms with Gasteiger partial charge in [0.25, 0.3) is 11.8 Å². The summed E-state index contributed by atoms with van der Waals surface area (Å²) in [5, 5.41) is 0. The number of nitrogens with zero attached hydrogens (tertiary/aromatic N) is 1. The van der Waals surface area contributed by atoms with E-state index in [1.807, 2.05) is 0 Å². The van der Waals surface area contributed by atoms with Crippen LogP contribution in [0.3, 0.4) is 0 Å². The Labute approximate surface area is 119 Å². The van der Waals surface area contributed by atoms with E-state index in [4.69, 9.17) is 4.74 Å². The molecule has 0 spiro atoms. The van der Waals surface area contributed by atoms with Crippen LogP contribution in [-0.4, -0.2) is 36.5 Å². The molecule has 2 amide bonds. The molecule has 0 atom stereocenters. The van der Waals surface area contributed by atoms with Gasteiger partial charge < -0.3 is 4.74 Å². The van der Waals surface area contributed by atoms with Gasteiger partial charge >= 0.3 is 0 Å². The molecule has 0 fully saturated rings. The minimum absolute atomic E-state index is 0.134. The molecule has 1 aliphatic rings. The average molecular weight is 275 g/mol. The third-order valence-electron chi connectivity index (χ3n) is 3.08. The highest BCUT2D eigenvalue weighted by Gasteiger charge is 2.34. The summed E-state index contributed by atoms with van der Waals surface area (Å²) in [6.45, 7) is 7.97. The number of hydrogen-bond acceptors (Lipinski definition) is 3. The summed E-state index contributed by atoms with van der Waals surface area (Å²) in [5.74, 6) is -0.386. The van der Waals surface area contributed by atoms with Crippen molar-refractivity contribution in [2.75, 3.05) is 19.8 Å². The van der Waals surface area contributed by atoms with Crippen LogP contribution in [0.1, 0.15) is 47.9 Å². The van der Waals surface area contributed by atoms with Gasteiger partial charge in [0.05, 0.1) is 17.7 Å². The smallest absolute Gasteiger partial charge is 0.261 e. The molecule has 2 rings (SSSR count). The minimum Gasteiger partial charge on any atom is -0.381 e. The van der Waals surface area contributed by atoms with Crippen LogP contribution in [0.5, 0.6) is 0 Å². The first-order valence-corrected chi connectivity index (χ1v) is 6.93. The molecule has 0 N–H and O–H groups in total. The van der Waals surface area contributed by atoms with Crippen molar-refractivity contribution in [1.29, 1.82) is 0 Å². The van der Waals surface area contributed by atoms with Gasteiger partial charge in [-0.25, -0.2) is 0 Å². The molecule has 1 aromatic carbocycles. The van der Waals surface area contributed by atoms with Gasteiger partial charge in [-0.15, -0.1) is 0 Å². The van der Waals surface area contributed by atoms with E-state index in [0.717, 1.165) is 0 Å². The monoisotopic (exact) mass is 275 g/mol. The minimum atomic E-state index is -0.193. The number of carbonyl (C=O) groups excluding carboxylic acids is 2. The first kappa shape index (κ1) is 14.7. The molecule has 0 radical (unpaired) electrons. The standard InChI is InChI=1S/C16H21NO3/c1-16(2,3)11-20-10-6-9-17-14(18)12-7-4-5-8-13(12)15(17)19/h4-5,7-8H,6,9-11H2,1-3H3. The quantitative estimate of drug-likeness (QED) is 0.613. The van der Waals surface area contributed by atoms with Crippen molar-refractivity contribution in [3.05, 3.63) is 35.4 Å². The Balaban J connectivity index is 1.84. The van der Waals surface area contributed by atoms with Crippen LogP contribution in [0, 0.1) is 5.41 Å². The molecule has 1 aromatic rings. The predicted octanol–water partition coefficient (Wildman–Crippen LogP) is 2.74. The number of carbonyl (C=O) groups is 2. The van der Waals surface area contributed by atoms with Crippen molar-refractivity contribution in [1.82, 2.24) is 4.90 Å². The molecule has 1 heterocycles. The molecule has 20 heavy (non-hydrogen) atoms. The third kappa shape index (κ3) is 3.25. The molecule has 4 heteroatoms. The molecule has 4 nitrogen and oxygen atoms in total. The van der Waals surface area contributed by atoms with Crippen molar-refractivity contribution < 1.29 is 14.3 Å². The fourth-order valence-electron chi connectivity index (χ4n) is 2.15. The SMILES string of the molecule is CC(C)(C)COCCCN1C(=O)c2ccccc2C1=O. The number of rotatable bonds is 5. The fraction of sp³-hybridized carbons (Fsp3) is 0.500. The van der Waals surface area contributed by atoms with Gasteiger partial charge in [0.15, 0.2) is 0 Å². The van der Waals surface area contributed by atoms with Crippen molar-refractivity contribution in [3.8, 4) is 0 Å². The Morgan fingerprint density at radius 1 is 1.05 bits per heavy atom. The third-order valence-corrected chi connectivity index (χ3v) is 3.08. The molecule has 108 valence electrons. The number of fused-ring (bicyclic) bond motifs is 1. The zero-order chi connectivity index (χ0) is 14.8. The summed E-state index contributed by atoms with van der Waals surface area (Å²) in [6, 6.07) is 6.96. The molecule has 0 bridgehead atoms. The molecule has 0 saturated carbocycles. The van der Waals surface area contributed by atoms with Crippen LogP contribution >= 0.6 is 0 Å². The topological polar surface area (TPSA) is 46.6 Å². The maximum absolute atomic E-state index is 12.1. The Bertz CT molecular complexity index is 482. The Hall–Kier alpha value is -1.68. The van der Waals surface area contributed by atoms with Crippen molar-refractivity contribution in [2.24, 2.45) is 5.41 Å². The van der Waals surface area contributed by atoms with Crippen molar-refractivity contribution >= 4 is 11.8 Å². The van der Waals surface area contributed by atoms with Crippen LogP contribution in [-0.2, 0) is 4.74 Å². The summed E-state index contributed by atoms with van der Waals surface area (Å²) in [4.78, 5) is 25.5. The maximum atomic E-state index is 12.1. The lowest BCUT2D eigenvalue weighted by Gasteiger charge is -2.19. The van der Waals surface area contributed by atoms with Crippen LogP contribution in [0.25, 0.3) is 0 Å². The Kier molecular flexibility index (Phi) is 4.23. The van der Waals surface area contributed by atoms with E-state index in [-0.39, 0.29) is 17.2 Å². The highest BCUT2D eigenvalue weighted by Crippen LogP contribution is 2.22. The van der Waals surface area contributed by atoms with Crippen molar-refractivity contribution in [3.63, 3.8) is 0 Å². The van der Waals surface area contributed by atoms with Gasteiger partial charge in [0.1, 0.15) is 0 Å².